The molecule has 5 heteroatoms. The highest BCUT2D eigenvalue weighted by Crippen LogP contribution is 2.25. The Hall–Kier alpha value is -2.04. The minimum Gasteiger partial charge on any atom is -0.372 e. The molecule has 1 aliphatic rings. The topological polar surface area (TPSA) is 52.7 Å². The molecule has 0 saturated carbocycles. The number of likely N-dealkylation sites (tertiary alicyclic amines) is 1. The van der Waals surface area contributed by atoms with Gasteiger partial charge in [0.15, 0.2) is 0 Å². The van der Waals surface area contributed by atoms with Crippen LogP contribution < -0.4 is 10.2 Å². The Morgan fingerprint density at radius 3 is 2.33 bits per heavy atom. The van der Waals surface area contributed by atoms with Crippen LogP contribution in [-0.2, 0) is 9.59 Å². The van der Waals surface area contributed by atoms with E-state index in [1.54, 1.807) is 0 Å². The highest BCUT2D eigenvalue weighted by Gasteiger charge is 2.27. The summed E-state index contributed by atoms with van der Waals surface area (Å²) >= 11 is 0. The van der Waals surface area contributed by atoms with E-state index >= 15 is 0 Å². The Morgan fingerprint density at radius 1 is 1.19 bits per heavy atom. The Kier molecular flexibility index (Phi) is 7.69. The lowest BCUT2D eigenvalue weighted by Gasteiger charge is -2.32. The molecule has 1 heterocycles. The SMILES string of the molecule is CCN(CC)c1ccc(NC(=O)C2CCN(C(=O)CC(C)C)CC2)c(C)c1. The van der Waals surface area contributed by atoms with E-state index in [2.05, 4.69) is 50.0 Å². The van der Waals surface area contributed by atoms with Crippen LogP contribution >= 0.6 is 0 Å². The Balaban J connectivity index is 1.92. The third kappa shape index (κ3) is 5.72. The third-order valence-corrected chi connectivity index (χ3v) is 5.40. The van der Waals surface area contributed by atoms with Crippen LogP contribution in [0.2, 0.25) is 0 Å². The Morgan fingerprint density at radius 2 is 1.81 bits per heavy atom. The summed E-state index contributed by atoms with van der Waals surface area (Å²) < 4.78 is 0. The summed E-state index contributed by atoms with van der Waals surface area (Å²) in [5.74, 6) is 0.645. The van der Waals surface area contributed by atoms with Crippen LogP contribution in [0.1, 0.15) is 52.5 Å². The van der Waals surface area contributed by atoms with Crippen LogP contribution in [0.4, 0.5) is 11.4 Å². The van der Waals surface area contributed by atoms with Crippen molar-refractivity contribution < 1.29 is 9.59 Å². The molecule has 5 nitrogen and oxygen atoms in total. The van der Waals surface area contributed by atoms with Crippen molar-refractivity contribution in [3.63, 3.8) is 0 Å². The molecular formula is C22H35N3O2. The zero-order valence-electron chi connectivity index (χ0n) is 17.5. The van der Waals surface area contributed by atoms with Gasteiger partial charge in [0.2, 0.25) is 11.8 Å². The summed E-state index contributed by atoms with van der Waals surface area (Å²) in [6, 6.07) is 6.21. The molecule has 27 heavy (non-hydrogen) atoms. The maximum Gasteiger partial charge on any atom is 0.227 e. The van der Waals surface area contributed by atoms with E-state index in [4.69, 9.17) is 0 Å². The predicted molar refractivity (Wildman–Crippen MR) is 112 cm³/mol. The van der Waals surface area contributed by atoms with Gasteiger partial charge >= 0.3 is 0 Å². The lowest BCUT2D eigenvalue weighted by Crippen LogP contribution is -2.41. The summed E-state index contributed by atoms with van der Waals surface area (Å²) in [5.41, 5.74) is 3.15. The van der Waals surface area contributed by atoms with Crippen molar-refractivity contribution in [2.75, 3.05) is 36.4 Å². The molecule has 1 aromatic carbocycles. The van der Waals surface area contributed by atoms with Crippen LogP contribution in [-0.4, -0.2) is 42.9 Å². The van der Waals surface area contributed by atoms with Gasteiger partial charge in [0, 0.05) is 49.9 Å². The Bertz CT molecular complexity index is 645. The molecule has 1 aliphatic heterocycles. The van der Waals surface area contributed by atoms with Crippen molar-refractivity contribution >= 4 is 23.2 Å². The summed E-state index contributed by atoms with van der Waals surface area (Å²) in [6.45, 7) is 13.8. The number of benzene rings is 1. The van der Waals surface area contributed by atoms with Crippen molar-refractivity contribution in [1.29, 1.82) is 0 Å². The smallest absolute Gasteiger partial charge is 0.227 e. The molecule has 1 N–H and O–H groups in total. The van der Waals surface area contributed by atoms with Crippen molar-refractivity contribution in [2.45, 2.75) is 53.9 Å². The van der Waals surface area contributed by atoms with E-state index in [-0.39, 0.29) is 17.7 Å². The first-order valence-corrected chi connectivity index (χ1v) is 10.3. The second-order valence-corrected chi connectivity index (χ2v) is 7.91. The minimum atomic E-state index is -0.0186. The van der Waals surface area contributed by atoms with E-state index in [0.29, 0.717) is 25.4 Å². The van der Waals surface area contributed by atoms with Gasteiger partial charge in [-0.2, -0.15) is 0 Å². The maximum absolute atomic E-state index is 12.7. The van der Waals surface area contributed by atoms with E-state index in [9.17, 15) is 9.59 Å². The second-order valence-electron chi connectivity index (χ2n) is 7.91. The van der Waals surface area contributed by atoms with Gasteiger partial charge in [0.05, 0.1) is 0 Å². The fourth-order valence-electron chi connectivity index (χ4n) is 3.68. The number of aryl methyl sites for hydroxylation is 1. The molecule has 0 aliphatic carbocycles. The van der Waals surface area contributed by atoms with Crippen molar-refractivity contribution in [3.05, 3.63) is 23.8 Å². The standard InChI is InChI=1S/C22H35N3O2/c1-6-24(7-2)19-8-9-20(17(5)15-19)23-22(27)18-10-12-25(13-11-18)21(26)14-16(3)4/h8-9,15-16,18H,6-7,10-14H2,1-5H3,(H,23,27). The largest absolute Gasteiger partial charge is 0.372 e. The highest BCUT2D eigenvalue weighted by molar-refractivity contribution is 5.93. The van der Waals surface area contributed by atoms with Gasteiger partial charge in [-0.3, -0.25) is 9.59 Å². The first-order chi connectivity index (χ1) is 12.8. The minimum absolute atomic E-state index is 0.0186. The molecule has 0 atom stereocenters. The number of amides is 2. The van der Waals surface area contributed by atoms with Crippen molar-refractivity contribution in [3.8, 4) is 0 Å². The van der Waals surface area contributed by atoms with Crippen LogP contribution in [0.5, 0.6) is 0 Å². The number of carbonyl (C=O) groups is 2. The third-order valence-electron chi connectivity index (χ3n) is 5.40. The van der Waals surface area contributed by atoms with E-state index < -0.39 is 0 Å². The molecule has 1 saturated heterocycles. The molecule has 1 aromatic rings. The summed E-state index contributed by atoms with van der Waals surface area (Å²) in [5, 5.41) is 3.10. The number of hydrogen-bond acceptors (Lipinski definition) is 3. The van der Waals surface area contributed by atoms with Gasteiger partial charge in [-0.15, -0.1) is 0 Å². The molecule has 0 aromatic heterocycles. The molecule has 1 fully saturated rings. The second kappa shape index (κ2) is 9.77. The monoisotopic (exact) mass is 373 g/mol. The lowest BCUT2D eigenvalue weighted by atomic mass is 9.95. The normalized spacial score (nSPS) is 15.1. The molecule has 0 bridgehead atoms. The number of carbonyl (C=O) groups excluding carboxylic acids is 2. The van der Waals surface area contributed by atoms with E-state index in [0.717, 1.165) is 37.2 Å². The predicted octanol–water partition coefficient (Wildman–Crippen LogP) is 4.06. The number of rotatable bonds is 7. The fourth-order valence-corrected chi connectivity index (χ4v) is 3.68. The molecule has 0 radical (unpaired) electrons. The van der Waals surface area contributed by atoms with Crippen molar-refractivity contribution in [2.24, 2.45) is 11.8 Å². The van der Waals surface area contributed by atoms with Gasteiger partial charge in [0.1, 0.15) is 0 Å². The van der Waals surface area contributed by atoms with E-state index in [1.165, 1.54) is 5.69 Å². The van der Waals surface area contributed by atoms with Gasteiger partial charge in [0.25, 0.3) is 0 Å². The summed E-state index contributed by atoms with van der Waals surface area (Å²) in [4.78, 5) is 29.1. The number of anilines is 2. The molecule has 2 rings (SSSR count). The first-order valence-electron chi connectivity index (χ1n) is 10.3. The van der Waals surface area contributed by atoms with Crippen LogP contribution in [0.3, 0.4) is 0 Å². The quantitative estimate of drug-likeness (QED) is 0.784. The van der Waals surface area contributed by atoms with Crippen LogP contribution in [0.25, 0.3) is 0 Å². The summed E-state index contributed by atoms with van der Waals surface area (Å²) in [7, 11) is 0. The zero-order chi connectivity index (χ0) is 20.0. The first kappa shape index (κ1) is 21.3. The van der Waals surface area contributed by atoms with Gasteiger partial charge < -0.3 is 15.1 Å². The zero-order valence-corrected chi connectivity index (χ0v) is 17.5. The maximum atomic E-state index is 12.7. The average molecular weight is 374 g/mol. The number of nitrogens with one attached hydrogen (secondary N) is 1. The number of hydrogen-bond donors (Lipinski definition) is 1. The van der Waals surface area contributed by atoms with E-state index in [1.807, 2.05) is 17.9 Å². The number of piperidine rings is 1. The van der Waals surface area contributed by atoms with Crippen LogP contribution in [0, 0.1) is 18.8 Å². The lowest BCUT2D eigenvalue weighted by molar-refractivity contribution is -0.135. The van der Waals surface area contributed by atoms with Crippen molar-refractivity contribution in [1.82, 2.24) is 4.90 Å². The molecular weight excluding hydrogens is 338 g/mol. The fraction of sp³-hybridized carbons (Fsp3) is 0.636. The van der Waals surface area contributed by atoms with Gasteiger partial charge in [-0.25, -0.2) is 0 Å². The van der Waals surface area contributed by atoms with Gasteiger partial charge in [-0.05, 0) is 63.3 Å². The molecule has 150 valence electrons. The van der Waals surface area contributed by atoms with Crippen LogP contribution in [0.15, 0.2) is 18.2 Å². The number of nitrogens with zero attached hydrogens (tertiary/aromatic N) is 2. The van der Waals surface area contributed by atoms with Gasteiger partial charge in [-0.1, -0.05) is 13.8 Å². The summed E-state index contributed by atoms with van der Waals surface area (Å²) in [6.07, 6.45) is 2.08. The Labute approximate surface area is 164 Å². The molecule has 0 unspecified atom stereocenters. The molecule has 2 amide bonds. The highest BCUT2D eigenvalue weighted by atomic mass is 16.2. The average Bonchev–Trinajstić information content (AvgIpc) is 2.64. The molecule has 0 spiro atoms.